The highest BCUT2D eigenvalue weighted by atomic mass is 32.2. The molecule has 0 saturated heterocycles. The molecule has 0 aliphatic heterocycles. The molecule has 6 heteroatoms. The Kier molecular flexibility index (Phi) is 8.64. The van der Waals surface area contributed by atoms with E-state index in [1.54, 1.807) is 28.8 Å². The van der Waals surface area contributed by atoms with Crippen LogP contribution in [0.2, 0.25) is 0 Å². The summed E-state index contributed by atoms with van der Waals surface area (Å²) in [4.78, 5) is 0.279. The summed E-state index contributed by atoms with van der Waals surface area (Å²) in [5, 5.41) is 4.84. The topological polar surface area (TPSA) is 60.3 Å². The minimum atomic E-state index is -3.69. The second kappa shape index (κ2) is 11.7. The van der Waals surface area contributed by atoms with Crippen LogP contribution in [-0.4, -0.2) is 32.7 Å². The number of fused-ring (bicyclic) bond motifs is 1. The van der Waals surface area contributed by atoms with Crippen LogP contribution in [0.1, 0.15) is 54.0 Å². The molecule has 0 saturated carbocycles. The van der Waals surface area contributed by atoms with Crippen molar-refractivity contribution < 1.29 is 13.2 Å². The summed E-state index contributed by atoms with van der Waals surface area (Å²) in [7, 11) is -1.86. The highest BCUT2D eigenvalue weighted by molar-refractivity contribution is 7.91. The Morgan fingerprint density at radius 3 is 2.24 bits per heavy atom. The molecule has 0 aliphatic rings. The lowest BCUT2D eigenvalue weighted by Gasteiger charge is -2.13. The normalized spacial score (nSPS) is 12.0. The standard InChI is InChI=1S/C32H40N2O3S/c1-22(2)31-29-10-7-8-11-30(29)34(6)32(31)38(35,36)28-14-12-27(13-15-28)37-19-9-17-33-18-16-26-20-23(3)25(5)24(4)21-26/h7-8,10-15,20-22,33H,9,16-19H2,1-6H3. The van der Waals surface area contributed by atoms with Gasteiger partial charge >= 0.3 is 0 Å². The average Bonchev–Trinajstić information content (AvgIpc) is 3.20. The molecule has 0 bridgehead atoms. The maximum atomic E-state index is 13.7. The molecular formula is C32H40N2O3S. The largest absolute Gasteiger partial charge is 0.494 e. The fourth-order valence-corrected chi connectivity index (χ4v) is 6.94. The van der Waals surface area contributed by atoms with E-state index in [0.717, 1.165) is 42.4 Å². The number of rotatable bonds is 11. The average molecular weight is 533 g/mol. The van der Waals surface area contributed by atoms with E-state index in [9.17, 15) is 8.42 Å². The molecule has 4 aromatic rings. The Labute approximate surface area is 227 Å². The van der Waals surface area contributed by atoms with E-state index in [1.807, 2.05) is 45.2 Å². The van der Waals surface area contributed by atoms with Crippen molar-refractivity contribution in [3.05, 3.63) is 88.5 Å². The van der Waals surface area contributed by atoms with Gasteiger partial charge in [-0.15, -0.1) is 0 Å². The first-order valence-corrected chi connectivity index (χ1v) is 14.9. The third-order valence-corrected chi connectivity index (χ3v) is 9.30. The van der Waals surface area contributed by atoms with Gasteiger partial charge < -0.3 is 14.6 Å². The summed E-state index contributed by atoms with van der Waals surface area (Å²) in [6.07, 6.45) is 1.88. The monoisotopic (exact) mass is 532 g/mol. The molecule has 1 aromatic heterocycles. The molecular weight excluding hydrogens is 492 g/mol. The maximum Gasteiger partial charge on any atom is 0.222 e. The van der Waals surface area contributed by atoms with E-state index in [1.165, 1.54) is 22.3 Å². The first kappa shape index (κ1) is 27.9. The molecule has 0 unspecified atom stereocenters. The molecule has 0 spiro atoms. The van der Waals surface area contributed by atoms with Crippen LogP contribution in [0.15, 0.2) is 70.6 Å². The molecule has 38 heavy (non-hydrogen) atoms. The van der Waals surface area contributed by atoms with E-state index in [-0.39, 0.29) is 10.8 Å². The van der Waals surface area contributed by atoms with Crippen LogP contribution in [0.4, 0.5) is 0 Å². The maximum absolute atomic E-state index is 13.7. The van der Waals surface area contributed by atoms with E-state index >= 15 is 0 Å². The third kappa shape index (κ3) is 5.82. The molecule has 0 aliphatic carbocycles. The van der Waals surface area contributed by atoms with Crippen molar-refractivity contribution >= 4 is 20.7 Å². The van der Waals surface area contributed by atoms with Crippen LogP contribution in [0.3, 0.4) is 0 Å². The molecule has 1 N–H and O–H groups in total. The highest BCUT2D eigenvalue weighted by Gasteiger charge is 2.29. The van der Waals surface area contributed by atoms with E-state index in [0.29, 0.717) is 17.4 Å². The summed E-state index contributed by atoms with van der Waals surface area (Å²) in [6, 6.07) is 19.2. The minimum Gasteiger partial charge on any atom is -0.494 e. The van der Waals surface area contributed by atoms with Gasteiger partial charge in [0.25, 0.3) is 0 Å². The van der Waals surface area contributed by atoms with Crippen molar-refractivity contribution in [3.8, 4) is 5.75 Å². The van der Waals surface area contributed by atoms with Crippen LogP contribution in [0.25, 0.3) is 10.9 Å². The van der Waals surface area contributed by atoms with Crippen molar-refractivity contribution in [2.24, 2.45) is 7.05 Å². The predicted octanol–water partition coefficient (Wildman–Crippen LogP) is 6.66. The number of sulfone groups is 1. The Morgan fingerprint density at radius 2 is 1.58 bits per heavy atom. The molecule has 0 atom stereocenters. The zero-order chi connectivity index (χ0) is 27.4. The molecule has 202 valence electrons. The SMILES string of the molecule is Cc1cc(CCNCCCOc2ccc(S(=O)(=O)c3c(C(C)C)c4ccccc4n3C)cc2)cc(C)c1C. The Hall–Kier alpha value is -3.09. The van der Waals surface area contributed by atoms with Crippen LogP contribution >= 0.6 is 0 Å². The van der Waals surface area contributed by atoms with Gasteiger partial charge in [-0.1, -0.05) is 44.2 Å². The Balaban J connectivity index is 1.32. The second-order valence-electron chi connectivity index (χ2n) is 10.5. The van der Waals surface area contributed by atoms with Gasteiger partial charge in [-0.25, -0.2) is 8.42 Å². The first-order valence-electron chi connectivity index (χ1n) is 13.4. The van der Waals surface area contributed by atoms with Gasteiger partial charge in [-0.3, -0.25) is 0 Å². The number of benzene rings is 3. The number of nitrogens with zero attached hydrogens (tertiary/aromatic N) is 1. The van der Waals surface area contributed by atoms with Gasteiger partial charge in [0, 0.05) is 18.0 Å². The van der Waals surface area contributed by atoms with Gasteiger partial charge in [-0.2, -0.15) is 0 Å². The van der Waals surface area contributed by atoms with Crippen molar-refractivity contribution in [2.75, 3.05) is 19.7 Å². The number of hydrogen-bond acceptors (Lipinski definition) is 4. The number of para-hydroxylation sites is 1. The predicted molar refractivity (Wildman–Crippen MR) is 156 cm³/mol. The van der Waals surface area contributed by atoms with E-state index in [2.05, 4.69) is 38.2 Å². The lowest BCUT2D eigenvalue weighted by Crippen LogP contribution is -2.20. The number of aromatic nitrogens is 1. The van der Waals surface area contributed by atoms with E-state index in [4.69, 9.17) is 4.74 Å². The first-order chi connectivity index (χ1) is 18.1. The summed E-state index contributed by atoms with van der Waals surface area (Å²) in [6.45, 7) is 13.0. The minimum absolute atomic E-state index is 0.0761. The lowest BCUT2D eigenvalue weighted by atomic mass is 9.99. The zero-order valence-electron chi connectivity index (χ0n) is 23.5. The second-order valence-corrected chi connectivity index (χ2v) is 12.3. The van der Waals surface area contributed by atoms with Gasteiger partial charge in [0.2, 0.25) is 9.84 Å². The molecule has 0 fully saturated rings. The van der Waals surface area contributed by atoms with Crippen molar-refractivity contribution in [1.82, 2.24) is 9.88 Å². The van der Waals surface area contributed by atoms with Crippen LogP contribution in [0, 0.1) is 20.8 Å². The zero-order valence-corrected chi connectivity index (χ0v) is 24.3. The van der Waals surface area contributed by atoms with Gasteiger partial charge in [0.1, 0.15) is 10.8 Å². The van der Waals surface area contributed by atoms with Crippen molar-refractivity contribution in [2.45, 2.75) is 63.3 Å². The quantitative estimate of drug-likeness (QED) is 0.219. The summed E-state index contributed by atoms with van der Waals surface area (Å²) < 4.78 is 35.1. The summed E-state index contributed by atoms with van der Waals surface area (Å²) in [5.74, 6) is 0.753. The Morgan fingerprint density at radius 1 is 0.921 bits per heavy atom. The van der Waals surface area contributed by atoms with Crippen LogP contribution in [-0.2, 0) is 23.3 Å². The van der Waals surface area contributed by atoms with Crippen molar-refractivity contribution in [1.29, 1.82) is 0 Å². The Bertz CT molecular complexity index is 1490. The molecule has 0 radical (unpaired) electrons. The van der Waals surface area contributed by atoms with Crippen LogP contribution < -0.4 is 10.1 Å². The summed E-state index contributed by atoms with van der Waals surface area (Å²) >= 11 is 0. The molecule has 0 amide bonds. The van der Waals surface area contributed by atoms with Gasteiger partial charge in [0.05, 0.1) is 11.5 Å². The molecule has 3 aromatic carbocycles. The molecule has 4 rings (SSSR count). The highest BCUT2D eigenvalue weighted by Crippen LogP contribution is 2.37. The van der Waals surface area contributed by atoms with Gasteiger partial charge in [-0.05, 0) is 111 Å². The number of nitrogens with one attached hydrogen (secondary N) is 1. The van der Waals surface area contributed by atoms with Crippen molar-refractivity contribution in [3.63, 3.8) is 0 Å². The van der Waals surface area contributed by atoms with E-state index < -0.39 is 9.84 Å². The fraction of sp³-hybridized carbons (Fsp3) is 0.375. The number of ether oxygens (including phenoxy) is 1. The fourth-order valence-electron chi connectivity index (χ4n) is 5.12. The smallest absolute Gasteiger partial charge is 0.222 e. The molecule has 1 heterocycles. The summed E-state index contributed by atoms with van der Waals surface area (Å²) in [5.41, 5.74) is 7.23. The molecule has 5 nitrogen and oxygen atoms in total. The number of aryl methyl sites for hydroxylation is 3. The third-order valence-electron chi connectivity index (χ3n) is 7.40. The number of hydrogen-bond donors (Lipinski definition) is 1. The lowest BCUT2D eigenvalue weighted by molar-refractivity contribution is 0.308. The van der Waals surface area contributed by atoms with Gasteiger partial charge in [0.15, 0.2) is 0 Å². The van der Waals surface area contributed by atoms with Crippen LogP contribution in [0.5, 0.6) is 5.75 Å².